The zero-order valence-electron chi connectivity index (χ0n) is 11.9. The third-order valence-electron chi connectivity index (χ3n) is 3.62. The largest absolute Gasteiger partial charge is 0.491 e. The smallest absolute Gasteiger partial charge is 0.156 e. The van der Waals surface area contributed by atoms with Crippen LogP contribution in [0.15, 0.2) is 16.6 Å². The molecule has 0 heterocycles. The topological polar surface area (TPSA) is 30.5 Å². The fourth-order valence-corrected chi connectivity index (χ4v) is 3.59. The first kappa shape index (κ1) is 15.9. The van der Waals surface area contributed by atoms with Gasteiger partial charge in [-0.3, -0.25) is 0 Å². The van der Waals surface area contributed by atoms with Crippen LogP contribution in [0.4, 0.5) is 5.69 Å². The van der Waals surface area contributed by atoms with Gasteiger partial charge in [0, 0.05) is 18.2 Å². The highest BCUT2D eigenvalue weighted by Crippen LogP contribution is 2.38. The van der Waals surface area contributed by atoms with Gasteiger partial charge in [0.05, 0.1) is 22.9 Å². The lowest BCUT2D eigenvalue weighted by Gasteiger charge is -2.30. The Balaban J connectivity index is 2.15. The molecular weight excluding hydrogens is 342 g/mol. The third kappa shape index (κ3) is 4.03. The molecule has 2 rings (SSSR count). The van der Waals surface area contributed by atoms with Crippen molar-refractivity contribution < 1.29 is 9.47 Å². The zero-order chi connectivity index (χ0) is 14.5. The van der Waals surface area contributed by atoms with Crippen LogP contribution in [-0.2, 0) is 4.74 Å². The average Bonchev–Trinajstić information content (AvgIpc) is 2.43. The molecule has 1 aliphatic rings. The van der Waals surface area contributed by atoms with Crippen molar-refractivity contribution in [2.45, 2.75) is 44.8 Å². The molecule has 0 spiro atoms. The van der Waals surface area contributed by atoms with Gasteiger partial charge in [0.2, 0.25) is 0 Å². The molecule has 20 heavy (non-hydrogen) atoms. The Morgan fingerprint density at radius 1 is 1.40 bits per heavy atom. The Hall–Kier alpha value is -0.450. The second-order valence-electron chi connectivity index (χ2n) is 5.06. The van der Waals surface area contributed by atoms with E-state index in [-0.39, 0.29) is 0 Å². The number of methoxy groups -OCH3 is 1. The van der Waals surface area contributed by atoms with Crippen LogP contribution in [0.2, 0.25) is 5.02 Å². The van der Waals surface area contributed by atoms with Gasteiger partial charge in [0.25, 0.3) is 0 Å². The van der Waals surface area contributed by atoms with Gasteiger partial charge >= 0.3 is 0 Å². The van der Waals surface area contributed by atoms with Gasteiger partial charge in [-0.15, -0.1) is 0 Å². The molecular formula is C15H21BrClNO2. The van der Waals surface area contributed by atoms with E-state index in [4.69, 9.17) is 21.1 Å². The Morgan fingerprint density at radius 3 is 2.90 bits per heavy atom. The number of halogens is 2. The summed E-state index contributed by atoms with van der Waals surface area (Å²) in [4.78, 5) is 0. The molecule has 0 radical (unpaired) electrons. The molecule has 1 saturated carbocycles. The van der Waals surface area contributed by atoms with E-state index in [1.165, 1.54) is 6.42 Å². The molecule has 0 saturated heterocycles. The van der Waals surface area contributed by atoms with Crippen LogP contribution in [0.1, 0.15) is 32.6 Å². The molecule has 0 bridgehead atoms. The lowest BCUT2D eigenvalue weighted by atomic mass is 9.92. The second kappa shape index (κ2) is 7.53. The van der Waals surface area contributed by atoms with Crippen molar-refractivity contribution in [3.8, 4) is 5.75 Å². The highest BCUT2D eigenvalue weighted by Gasteiger charge is 2.23. The molecule has 1 fully saturated rings. The number of hydrogen-bond acceptors (Lipinski definition) is 3. The number of benzene rings is 1. The minimum atomic E-state index is 0.347. The number of hydrogen-bond donors (Lipinski definition) is 1. The average molecular weight is 363 g/mol. The Bertz CT molecular complexity index is 456. The first-order valence-electron chi connectivity index (χ1n) is 7.05. The number of ether oxygens (including phenoxy) is 2. The Kier molecular flexibility index (Phi) is 6.00. The van der Waals surface area contributed by atoms with Crippen LogP contribution in [0.25, 0.3) is 0 Å². The summed E-state index contributed by atoms with van der Waals surface area (Å²) in [6.45, 7) is 2.60. The van der Waals surface area contributed by atoms with Gasteiger partial charge in [-0.2, -0.15) is 0 Å². The molecule has 1 aliphatic carbocycles. The quantitative estimate of drug-likeness (QED) is 0.810. The number of nitrogens with one attached hydrogen (secondary N) is 1. The van der Waals surface area contributed by atoms with E-state index in [0.29, 0.717) is 23.8 Å². The molecule has 0 aromatic heterocycles. The number of anilines is 1. The lowest BCUT2D eigenvalue weighted by molar-refractivity contribution is 0.0669. The first-order chi connectivity index (χ1) is 9.63. The third-order valence-corrected chi connectivity index (χ3v) is 4.42. The lowest BCUT2D eigenvalue weighted by Crippen LogP contribution is -2.31. The second-order valence-corrected chi connectivity index (χ2v) is 6.35. The van der Waals surface area contributed by atoms with E-state index in [1.54, 1.807) is 7.11 Å². The van der Waals surface area contributed by atoms with E-state index in [9.17, 15) is 0 Å². The highest BCUT2D eigenvalue weighted by molar-refractivity contribution is 9.10. The normalized spacial score (nSPS) is 22.6. The van der Waals surface area contributed by atoms with E-state index >= 15 is 0 Å². The van der Waals surface area contributed by atoms with E-state index in [1.807, 2.05) is 19.1 Å². The summed E-state index contributed by atoms with van der Waals surface area (Å²) < 4.78 is 12.1. The van der Waals surface area contributed by atoms with Crippen molar-refractivity contribution >= 4 is 33.2 Å². The molecule has 1 N–H and O–H groups in total. The molecule has 0 aliphatic heterocycles. The van der Waals surface area contributed by atoms with Gasteiger partial charge in [-0.05, 0) is 60.7 Å². The summed E-state index contributed by atoms with van der Waals surface area (Å²) in [5, 5.41) is 4.26. The monoisotopic (exact) mass is 361 g/mol. The molecule has 3 nitrogen and oxygen atoms in total. The summed E-state index contributed by atoms with van der Waals surface area (Å²) in [5.41, 5.74) is 0.952. The Labute approximate surface area is 134 Å². The predicted molar refractivity (Wildman–Crippen MR) is 87.0 cm³/mol. The van der Waals surface area contributed by atoms with Crippen LogP contribution in [0, 0.1) is 0 Å². The summed E-state index contributed by atoms with van der Waals surface area (Å²) in [6.07, 6.45) is 4.84. The SMILES string of the molecule is CCOc1c(Br)cc(Cl)cc1NC1CCCC(OC)C1. The summed E-state index contributed by atoms with van der Waals surface area (Å²) in [6, 6.07) is 4.18. The van der Waals surface area contributed by atoms with Crippen molar-refractivity contribution in [1.82, 2.24) is 0 Å². The maximum Gasteiger partial charge on any atom is 0.156 e. The van der Waals surface area contributed by atoms with Crippen LogP contribution in [0.5, 0.6) is 5.75 Å². The minimum Gasteiger partial charge on any atom is -0.491 e. The first-order valence-corrected chi connectivity index (χ1v) is 8.22. The fourth-order valence-electron chi connectivity index (χ4n) is 2.67. The van der Waals surface area contributed by atoms with Crippen LogP contribution >= 0.6 is 27.5 Å². The van der Waals surface area contributed by atoms with Gasteiger partial charge < -0.3 is 14.8 Å². The van der Waals surface area contributed by atoms with E-state index < -0.39 is 0 Å². The van der Waals surface area contributed by atoms with Crippen LogP contribution in [0.3, 0.4) is 0 Å². The van der Waals surface area contributed by atoms with Crippen molar-refractivity contribution in [2.24, 2.45) is 0 Å². The van der Waals surface area contributed by atoms with Gasteiger partial charge in [0.15, 0.2) is 5.75 Å². The summed E-state index contributed by atoms with van der Waals surface area (Å²) >= 11 is 9.66. The minimum absolute atomic E-state index is 0.347. The molecule has 0 amide bonds. The van der Waals surface area contributed by atoms with Crippen molar-refractivity contribution in [3.63, 3.8) is 0 Å². The highest BCUT2D eigenvalue weighted by atomic mass is 79.9. The van der Waals surface area contributed by atoms with Crippen molar-refractivity contribution in [2.75, 3.05) is 19.0 Å². The van der Waals surface area contributed by atoms with Gasteiger partial charge in [-0.25, -0.2) is 0 Å². The zero-order valence-corrected chi connectivity index (χ0v) is 14.3. The van der Waals surface area contributed by atoms with Crippen LogP contribution < -0.4 is 10.1 Å². The molecule has 2 unspecified atom stereocenters. The van der Waals surface area contributed by atoms with Crippen molar-refractivity contribution in [1.29, 1.82) is 0 Å². The molecule has 112 valence electrons. The molecule has 1 aromatic rings. The fraction of sp³-hybridized carbons (Fsp3) is 0.600. The molecule has 1 aromatic carbocycles. The van der Waals surface area contributed by atoms with Crippen LogP contribution in [-0.4, -0.2) is 25.9 Å². The molecule has 5 heteroatoms. The summed E-state index contributed by atoms with van der Waals surface area (Å²) in [5.74, 6) is 0.830. The Morgan fingerprint density at radius 2 is 2.20 bits per heavy atom. The van der Waals surface area contributed by atoms with Gasteiger partial charge in [-0.1, -0.05) is 11.6 Å². The number of rotatable bonds is 5. The maximum atomic E-state index is 6.15. The van der Waals surface area contributed by atoms with E-state index in [0.717, 1.165) is 35.2 Å². The maximum absolute atomic E-state index is 6.15. The van der Waals surface area contributed by atoms with Crippen molar-refractivity contribution in [3.05, 3.63) is 21.6 Å². The van der Waals surface area contributed by atoms with E-state index in [2.05, 4.69) is 21.2 Å². The van der Waals surface area contributed by atoms with Gasteiger partial charge in [0.1, 0.15) is 0 Å². The molecule has 2 atom stereocenters. The predicted octanol–water partition coefficient (Wildman–Crippen LogP) is 4.87. The standard InChI is InChI=1S/C15H21BrClNO2/c1-3-20-15-13(16)7-10(17)8-14(15)18-11-5-4-6-12(9-11)19-2/h7-8,11-12,18H,3-6,9H2,1-2H3. The summed E-state index contributed by atoms with van der Waals surface area (Å²) in [7, 11) is 1.79.